The summed E-state index contributed by atoms with van der Waals surface area (Å²) in [5.74, 6) is -0.226. The number of carbonyl (C=O) groups excluding carboxylic acids is 1. The molecule has 1 heterocycles. The van der Waals surface area contributed by atoms with E-state index >= 15 is 0 Å². The summed E-state index contributed by atoms with van der Waals surface area (Å²) in [6.45, 7) is 1.40. The van der Waals surface area contributed by atoms with Gasteiger partial charge in [-0.3, -0.25) is 4.79 Å². The van der Waals surface area contributed by atoms with Crippen molar-refractivity contribution < 1.29 is 13.9 Å². The van der Waals surface area contributed by atoms with Gasteiger partial charge in [-0.25, -0.2) is 4.39 Å². The van der Waals surface area contributed by atoms with Crippen LogP contribution in [0.1, 0.15) is 24.8 Å². The Morgan fingerprint density at radius 3 is 2.83 bits per heavy atom. The number of rotatable bonds is 5. The molecule has 18 heavy (non-hydrogen) atoms. The standard InChI is InChI=1S/C14H18FNO2/c15-12-6-3-11(4-7-12)5-8-14(17)16-10-13-2-1-9-18-13/h3-4,6-7,13H,1-2,5,8-10H2,(H,16,17)/t13-/m0/s1. The summed E-state index contributed by atoms with van der Waals surface area (Å²) in [4.78, 5) is 11.6. The van der Waals surface area contributed by atoms with Gasteiger partial charge in [-0.05, 0) is 37.0 Å². The molecule has 1 N–H and O–H groups in total. The van der Waals surface area contributed by atoms with E-state index in [1.54, 1.807) is 12.1 Å². The average Bonchev–Trinajstić information content (AvgIpc) is 2.89. The number of amides is 1. The van der Waals surface area contributed by atoms with Crippen molar-refractivity contribution in [3.8, 4) is 0 Å². The number of hydrogen-bond acceptors (Lipinski definition) is 2. The molecule has 1 saturated heterocycles. The van der Waals surface area contributed by atoms with Crippen molar-refractivity contribution in [2.75, 3.05) is 13.2 Å². The van der Waals surface area contributed by atoms with E-state index in [9.17, 15) is 9.18 Å². The lowest BCUT2D eigenvalue weighted by Gasteiger charge is -2.10. The summed E-state index contributed by atoms with van der Waals surface area (Å²) in [5.41, 5.74) is 0.976. The van der Waals surface area contributed by atoms with Crippen LogP contribution in [0.4, 0.5) is 4.39 Å². The molecule has 1 amide bonds. The highest BCUT2D eigenvalue weighted by atomic mass is 19.1. The van der Waals surface area contributed by atoms with Crippen molar-refractivity contribution in [1.82, 2.24) is 5.32 Å². The van der Waals surface area contributed by atoms with Crippen molar-refractivity contribution in [1.29, 1.82) is 0 Å². The highest BCUT2D eigenvalue weighted by Gasteiger charge is 2.15. The number of hydrogen-bond donors (Lipinski definition) is 1. The Morgan fingerprint density at radius 2 is 2.17 bits per heavy atom. The lowest BCUT2D eigenvalue weighted by atomic mass is 10.1. The molecular formula is C14H18FNO2. The quantitative estimate of drug-likeness (QED) is 0.869. The van der Waals surface area contributed by atoms with Crippen molar-refractivity contribution in [3.05, 3.63) is 35.6 Å². The van der Waals surface area contributed by atoms with E-state index in [4.69, 9.17) is 4.74 Å². The summed E-state index contributed by atoms with van der Waals surface area (Å²) in [6, 6.07) is 6.25. The summed E-state index contributed by atoms with van der Waals surface area (Å²) >= 11 is 0. The smallest absolute Gasteiger partial charge is 0.220 e. The third-order valence-corrected chi connectivity index (χ3v) is 3.10. The molecule has 1 fully saturated rings. The van der Waals surface area contributed by atoms with Gasteiger partial charge < -0.3 is 10.1 Å². The molecule has 1 aromatic carbocycles. The molecule has 0 bridgehead atoms. The van der Waals surface area contributed by atoms with Crippen LogP contribution in [0, 0.1) is 5.82 Å². The normalized spacial score (nSPS) is 18.8. The number of halogens is 1. The van der Waals surface area contributed by atoms with E-state index in [1.165, 1.54) is 12.1 Å². The first-order valence-corrected chi connectivity index (χ1v) is 6.37. The molecule has 3 nitrogen and oxygen atoms in total. The van der Waals surface area contributed by atoms with Gasteiger partial charge in [0.2, 0.25) is 5.91 Å². The van der Waals surface area contributed by atoms with Gasteiger partial charge >= 0.3 is 0 Å². The summed E-state index contributed by atoms with van der Waals surface area (Å²) in [6.07, 6.45) is 3.35. The van der Waals surface area contributed by atoms with Crippen LogP contribution in [0.25, 0.3) is 0 Å². The summed E-state index contributed by atoms with van der Waals surface area (Å²) in [5, 5.41) is 2.87. The van der Waals surface area contributed by atoms with Crippen LogP contribution in [0.2, 0.25) is 0 Å². The van der Waals surface area contributed by atoms with Crippen LogP contribution in [-0.4, -0.2) is 25.2 Å². The van der Waals surface area contributed by atoms with Gasteiger partial charge in [-0.1, -0.05) is 12.1 Å². The van der Waals surface area contributed by atoms with E-state index < -0.39 is 0 Å². The topological polar surface area (TPSA) is 38.3 Å². The van der Waals surface area contributed by atoms with Crippen LogP contribution >= 0.6 is 0 Å². The Hall–Kier alpha value is -1.42. The number of benzene rings is 1. The summed E-state index contributed by atoms with van der Waals surface area (Å²) in [7, 11) is 0. The first-order valence-electron chi connectivity index (χ1n) is 6.37. The SMILES string of the molecule is O=C(CCc1ccc(F)cc1)NC[C@@H]1CCCO1. The molecule has 0 radical (unpaired) electrons. The Morgan fingerprint density at radius 1 is 1.39 bits per heavy atom. The van der Waals surface area contributed by atoms with Gasteiger partial charge in [-0.2, -0.15) is 0 Å². The molecular weight excluding hydrogens is 233 g/mol. The second kappa shape index (κ2) is 6.50. The van der Waals surface area contributed by atoms with Gasteiger partial charge in [0.1, 0.15) is 5.82 Å². The van der Waals surface area contributed by atoms with Crippen molar-refractivity contribution >= 4 is 5.91 Å². The Kier molecular flexibility index (Phi) is 4.70. The molecule has 4 heteroatoms. The fraction of sp³-hybridized carbons (Fsp3) is 0.500. The lowest BCUT2D eigenvalue weighted by Crippen LogP contribution is -2.31. The maximum atomic E-state index is 12.7. The highest BCUT2D eigenvalue weighted by molar-refractivity contribution is 5.76. The number of ether oxygens (including phenoxy) is 1. The Labute approximate surface area is 106 Å². The molecule has 1 atom stereocenters. The van der Waals surface area contributed by atoms with E-state index in [2.05, 4.69) is 5.32 Å². The van der Waals surface area contributed by atoms with Gasteiger partial charge in [0.05, 0.1) is 6.10 Å². The molecule has 1 aliphatic rings. The van der Waals surface area contributed by atoms with Crippen molar-refractivity contribution in [2.45, 2.75) is 31.8 Å². The second-order valence-electron chi connectivity index (χ2n) is 4.57. The number of carbonyl (C=O) groups is 1. The van der Waals surface area contributed by atoms with E-state index in [-0.39, 0.29) is 17.8 Å². The zero-order valence-electron chi connectivity index (χ0n) is 10.3. The third-order valence-electron chi connectivity index (χ3n) is 3.10. The first kappa shape index (κ1) is 13.0. The monoisotopic (exact) mass is 251 g/mol. The fourth-order valence-electron chi connectivity index (χ4n) is 2.03. The molecule has 0 unspecified atom stereocenters. The van der Waals surface area contributed by atoms with E-state index in [0.29, 0.717) is 19.4 Å². The predicted molar refractivity (Wildman–Crippen MR) is 66.7 cm³/mol. The minimum absolute atomic E-state index is 0.0230. The van der Waals surface area contributed by atoms with Crippen LogP contribution < -0.4 is 5.32 Å². The molecule has 1 aromatic rings. The molecule has 1 aliphatic heterocycles. The average molecular weight is 251 g/mol. The summed E-state index contributed by atoms with van der Waals surface area (Å²) < 4.78 is 18.1. The first-order chi connectivity index (χ1) is 8.74. The van der Waals surface area contributed by atoms with Gasteiger partial charge in [0.15, 0.2) is 0 Å². The third kappa shape index (κ3) is 4.11. The molecule has 0 aromatic heterocycles. The van der Waals surface area contributed by atoms with Gasteiger partial charge in [0.25, 0.3) is 0 Å². The zero-order valence-corrected chi connectivity index (χ0v) is 10.3. The zero-order chi connectivity index (χ0) is 12.8. The van der Waals surface area contributed by atoms with Crippen molar-refractivity contribution in [2.24, 2.45) is 0 Å². The van der Waals surface area contributed by atoms with Gasteiger partial charge in [-0.15, -0.1) is 0 Å². The minimum atomic E-state index is -0.249. The number of aryl methyl sites for hydroxylation is 1. The lowest BCUT2D eigenvalue weighted by molar-refractivity contribution is -0.121. The van der Waals surface area contributed by atoms with E-state index in [0.717, 1.165) is 25.0 Å². The Balaban J connectivity index is 1.66. The second-order valence-corrected chi connectivity index (χ2v) is 4.57. The highest BCUT2D eigenvalue weighted by Crippen LogP contribution is 2.10. The van der Waals surface area contributed by atoms with Crippen LogP contribution in [0.3, 0.4) is 0 Å². The molecule has 0 spiro atoms. The minimum Gasteiger partial charge on any atom is -0.376 e. The van der Waals surface area contributed by atoms with Crippen LogP contribution in [0.5, 0.6) is 0 Å². The largest absolute Gasteiger partial charge is 0.376 e. The van der Waals surface area contributed by atoms with Crippen molar-refractivity contribution in [3.63, 3.8) is 0 Å². The molecule has 0 saturated carbocycles. The maximum absolute atomic E-state index is 12.7. The molecule has 2 rings (SSSR count). The predicted octanol–water partition coefficient (Wildman–Crippen LogP) is 2.05. The molecule has 0 aliphatic carbocycles. The maximum Gasteiger partial charge on any atom is 0.220 e. The van der Waals surface area contributed by atoms with Crippen LogP contribution in [-0.2, 0) is 16.0 Å². The Bertz CT molecular complexity index is 385. The van der Waals surface area contributed by atoms with E-state index in [1.807, 2.05) is 0 Å². The van der Waals surface area contributed by atoms with Gasteiger partial charge in [0, 0.05) is 19.6 Å². The fourth-order valence-corrected chi connectivity index (χ4v) is 2.03. The van der Waals surface area contributed by atoms with Crippen LogP contribution in [0.15, 0.2) is 24.3 Å². The molecule has 98 valence electrons. The number of nitrogens with one attached hydrogen (secondary N) is 1.